The fourth-order valence-electron chi connectivity index (χ4n) is 4.97. The smallest absolute Gasteiger partial charge is 0.254 e. The lowest BCUT2D eigenvalue weighted by Gasteiger charge is -2.52. The highest BCUT2D eigenvalue weighted by Crippen LogP contribution is 2.37. The molecule has 2 heterocycles. The van der Waals surface area contributed by atoms with Crippen molar-refractivity contribution in [3.63, 3.8) is 0 Å². The van der Waals surface area contributed by atoms with Crippen LogP contribution in [0.1, 0.15) is 53.8 Å². The summed E-state index contributed by atoms with van der Waals surface area (Å²) in [6, 6.07) is 6.70. The maximum atomic E-state index is 14.9. The quantitative estimate of drug-likeness (QED) is 0.792. The number of rotatable bonds is 2. The van der Waals surface area contributed by atoms with E-state index in [9.17, 15) is 9.18 Å². The van der Waals surface area contributed by atoms with E-state index >= 15 is 0 Å². The number of benzene rings is 1. The second kappa shape index (κ2) is 7.32. The van der Waals surface area contributed by atoms with E-state index in [1.54, 1.807) is 16.8 Å². The van der Waals surface area contributed by atoms with Gasteiger partial charge in [-0.25, -0.2) is 9.07 Å². The van der Waals surface area contributed by atoms with Gasteiger partial charge >= 0.3 is 0 Å². The number of aromatic nitrogens is 2. The van der Waals surface area contributed by atoms with Crippen molar-refractivity contribution >= 4 is 5.91 Å². The number of amides is 1. The Morgan fingerprint density at radius 3 is 2.50 bits per heavy atom. The summed E-state index contributed by atoms with van der Waals surface area (Å²) in [4.78, 5) is 17.7. The van der Waals surface area contributed by atoms with Gasteiger partial charge in [0, 0.05) is 30.9 Å². The second-order valence-corrected chi connectivity index (χ2v) is 8.48. The average Bonchev–Trinajstić information content (AvgIpc) is 2.99. The second-order valence-electron chi connectivity index (χ2n) is 8.48. The van der Waals surface area contributed by atoms with Crippen LogP contribution in [0.5, 0.6) is 0 Å². The minimum absolute atomic E-state index is 0.0474. The minimum atomic E-state index is -0.413. The predicted octanol–water partition coefficient (Wildman–Crippen LogP) is 3.72. The molecule has 1 saturated heterocycles. The highest BCUT2D eigenvalue weighted by atomic mass is 19.1. The number of halogens is 1. The minimum Gasteiger partial charge on any atom is -0.330 e. The van der Waals surface area contributed by atoms with E-state index in [1.165, 1.54) is 12.5 Å². The fourth-order valence-corrected chi connectivity index (χ4v) is 4.97. The van der Waals surface area contributed by atoms with Gasteiger partial charge in [0.15, 0.2) is 0 Å². The molecular formula is C22H29FN4O. The average molecular weight is 384 g/mol. The van der Waals surface area contributed by atoms with E-state index in [2.05, 4.69) is 17.0 Å². The van der Waals surface area contributed by atoms with Gasteiger partial charge in [-0.1, -0.05) is 19.3 Å². The summed E-state index contributed by atoms with van der Waals surface area (Å²) in [5.74, 6) is -0.460. The van der Waals surface area contributed by atoms with Crippen LogP contribution in [-0.4, -0.2) is 57.7 Å². The first-order chi connectivity index (χ1) is 13.4. The molecule has 6 heteroatoms. The predicted molar refractivity (Wildman–Crippen MR) is 107 cm³/mol. The molecule has 0 radical (unpaired) electrons. The Morgan fingerprint density at radius 2 is 1.86 bits per heavy atom. The Bertz CT molecular complexity index is 885. The van der Waals surface area contributed by atoms with E-state index in [1.807, 2.05) is 24.8 Å². The lowest BCUT2D eigenvalue weighted by Crippen LogP contribution is -2.63. The number of piperazine rings is 1. The molecule has 1 aliphatic heterocycles. The number of nitrogens with zero attached hydrogens (tertiary/aromatic N) is 4. The summed E-state index contributed by atoms with van der Waals surface area (Å²) in [7, 11) is 2.13. The van der Waals surface area contributed by atoms with Crippen molar-refractivity contribution in [1.82, 2.24) is 19.6 Å². The van der Waals surface area contributed by atoms with Crippen molar-refractivity contribution in [3.8, 4) is 5.69 Å². The first-order valence-electron chi connectivity index (χ1n) is 10.2. The summed E-state index contributed by atoms with van der Waals surface area (Å²) in [5.41, 5.74) is 2.42. The number of hydrogen-bond donors (Lipinski definition) is 0. The van der Waals surface area contributed by atoms with Crippen LogP contribution >= 0.6 is 0 Å². The van der Waals surface area contributed by atoms with Gasteiger partial charge in [-0.05, 0) is 58.0 Å². The Morgan fingerprint density at radius 1 is 1.11 bits per heavy atom. The largest absolute Gasteiger partial charge is 0.330 e. The number of aryl methyl sites for hydroxylation is 2. The molecule has 2 aliphatic rings. The molecule has 1 aromatic carbocycles. The molecule has 0 atom stereocenters. The maximum Gasteiger partial charge on any atom is 0.254 e. The van der Waals surface area contributed by atoms with Gasteiger partial charge in [0.05, 0.1) is 11.2 Å². The van der Waals surface area contributed by atoms with Gasteiger partial charge in [0.2, 0.25) is 0 Å². The summed E-state index contributed by atoms with van der Waals surface area (Å²) < 4.78 is 16.5. The Labute approximate surface area is 166 Å². The van der Waals surface area contributed by atoms with Crippen LogP contribution in [0.25, 0.3) is 5.69 Å². The van der Waals surface area contributed by atoms with E-state index in [4.69, 9.17) is 0 Å². The zero-order valence-corrected chi connectivity index (χ0v) is 17.0. The molecule has 2 aromatic rings. The molecule has 1 aliphatic carbocycles. The van der Waals surface area contributed by atoms with E-state index in [-0.39, 0.29) is 11.4 Å². The Hall–Kier alpha value is -2.21. The van der Waals surface area contributed by atoms with Crippen molar-refractivity contribution in [2.75, 3.05) is 26.7 Å². The standard InChI is InChI=1S/C22H29FN4O/c1-16-13-17(2)27(24-16)20-8-7-18(14-19(20)23)21(28)26-12-11-25(3)15-22(26)9-5-4-6-10-22/h7-8,13-14H,4-6,9-12,15H2,1-3H3. The van der Waals surface area contributed by atoms with E-state index in [0.29, 0.717) is 17.8 Å². The van der Waals surface area contributed by atoms with Gasteiger partial charge in [-0.2, -0.15) is 5.10 Å². The summed E-state index contributed by atoms with van der Waals surface area (Å²) in [6.07, 6.45) is 5.62. The highest BCUT2D eigenvalue weighted by molar-refractivity contribution is 5.95. The monoisotopic (exact) mass is 384 g/mol. The third-order valence-corrected chi connectivity index (χ3v) is 6.30. The Balaban J connectivity index is 1.64. The summed E-state index contributed by atoms with van der Waals surface area (Å²) >= 11 is 0. The molecule has 1 aromatic heterocycles. The molecule has 1 amide bonds. The normalized spacial score (nSPS) is 19.9. The molecule has 0 bridgehead atoms. The van der Waals surface area contributed by atoms with Crippen LogP contribution in [0.4, 0.5) is 4.39 Å². The lowest BCUT2D eigenvalue weighted by molar-refractivity contribution is -0.00780. The van der Waals surface area contributed by atoms with Gasteiger partial charge in [0.25, 0.3) is 5.91 Å². The fraction of sp³-hybridized carbons (Fsp3) is 0.545. The van der Waals surface area contributed by atoms with Crippen LogP contribution in [0.3, 0.4) is 0 Å². The SMILES string of the molecule is Cc1cc(C)n(-c2ccc(C(=O)N3CCN(C)CC34CCCCC4)cc2F)n1. The van der Waals surface area contributed by atoms with Crippen molar-refractivity contribution in [3.05, 3.63) is 47.0 Å². The molecule has 0 N–H and O–H groups in total. The van der Waals surface area contributed by atoms with Crippen molar-refractivity contribution in [2.24, 2.45) is 0 Å². The first kappa shape index (κ1) is 19.1. The number of carbonyl (C=O) groups excluding carboxylic acids is 1. The van der Waals surface area contributed by atoms with Crippen LogP contribution in [-0.2, 0) is 0 Å². The highest BCUT2D eigenvalue weighted by Gasteiger charge is 2.44. The zero-order chi connectivity index (χ0) is 19.9. The van der Waals surface area contributed by atoms with Crippen molar-refractivity contribution in [2.45, 2.75) is 51.5 Å². The summed E-state index contributed by atoms with van der Waals surface area (Å²) in [5, 5.41) is 4.36. The number of hydrogen-bond acceptors (Lipinski definition) is 3. The number of carbonyl (C=O) groups is 1. The van der Waals surface area contributed by atoms with E-state index in [0.717, 1.165) is 50.2 Å². The maximum absolute atomic E-state index is 14.9. The lowest BCUT2D eigenvalue weighted by atomic mass is 9.78. The molecule has 1 spiro atoms. The molecule has 5 nitrogen and oxygen atoms in total. The first-order valence-corrected chi connectivity index (χ1v) is 10.2. The van der Waals surface area contributed by atoms with Crippen LogP contribution in [0.2, 0.25) is 0 Å². The molecule has 0 unspecified atom stereocenters. The van der Waals surface area contributed by atoms with Crippen LogP contribution in [0.15, 0.2) is 24.3 Å². The molecule has 28 heavy (non-hydrogen) atoms. The van der Waals surface area contributed by atoms with Crippen LogP contribution in [0, 0.1) is 19.7 Å². The van der Waals surface area contributed by atoms with Crippen LogP contribution < -0.4 is 0 Å². The molecule has 150 valence electrons. The van der Waals surface area contributed by atoms with Gasteiger partial charge < -0.3 is 9.80 Å². The third-order valence-electron chi connectivity index (χ3n) is 6.30. The topological polar surface area (TPSA) is 41.4 Å². The molecule has 2 fully saturated rings. The molecule has 1 saturated carbocycles. The summed E-state index contributed by atoms with van der Waals surface area (Å²) in [6.45, 7) is 6.26. The Kier molecular flexibility index (Phi) is 5.00. The van der Waals surface area contributed by atoms with E-state index < -0.39 is 5.82 Å². The van der Waals surface area contributed by atoms with Gasteiger partial charge in [0.1, 0.15) is 11.5 Å². The van der Waals surface area contributed by atoms with Crippen molar-refractivity contribution in [1.29, 1.82) is 0 Å². The van der Waals surface area contributed by atoms with Gasteiger partial charge in [-0.3, -0.25) is 4.79 Å². The zero-order valence-electron chi connectivity index (χ0n) is 17.0. The van der Waals surface area contributed by atoms with Crippen molar-refractivity contribution < 1.29 is 9.18 Å². The molecule has 4 rings (SSSR count). The van der Waals surface area contributed by atoms with Gasteiger partial charge in [-0.15, -0.1) is 0 Å². The number of likely N-dealkylation sites (N-methyl/N-ethyl adjacent to an activating group) is 1. The third kappa shape index (κ3) is 3.34. The molecular weight excluding hydrogens is 355 g/mol.